The average Bonchev–Trinajstić information content (AvgIpc) is 2.39. The Morgan fingerprint density at radius 1 is 0.900 bits per heavy atom. The zero-order chi connectivity index (χ0) is 14.8. The zero-order valence-electron chi connectivity index (χ0n) is 11.8. The second kappa shape index (κ2) is 5.77. The fraction of sp³-hybridized carbons (Fsp3) is 0.250. The second-order valence-corrected chi connectivity index (χ2v) is 6.65. The molecular weight excluding hydrogens is 270 g/mol. The molecule has 0 aliphatic carbocycles. The molecule has 0 saturated carbocycles. The Hall–Kier alpha value is -1.65. The molecule has 0 aliphatic rings. The predicted octanol–water partition coefficient (Wildman–Crippen LogP) is 3.97. The number of hydrogen-bond acceptors (Lipinski definition) is 3. The molecule has 0 bridgehead atoms. The van der Waals surface area contributed by atoms with Crippen LogP contribution in [-0.2, 0) is 16.5 Å². The van der Waals surface area contributed by atoms with Crippen LogP contribution in [0.1, 0.15) is 26.3 Å². The van der Waals surface area contributed by atoms with Crippen LogP contribution in [0.5, 0.6) is 0 Å². The molecule has 0 radical (unpaired) electrons. The first-order chi connectivity index (χ1) is 9.36. The van der Waals surface area contributed by atoms with Gasteiger partial charge in [-0.2, -0.15) is 0 Å². The minimum absolute atomic E-state index is 0.137. The van der Waals surface area contributed by atoms with Gasteiger partial charge in [-0.3, -0.25) is 4.21 Å². The monoisotopic (exact) mass is 288 g/mol. The summed E-state index contributed by atoms with van der Waals surface area (Å²) in [5.41, 5.74) is 3.26. The summed E-state index contributed by atoms with van der Waals surface area (Å²) in [6, 6.07) is 14.9. The number of nitrogens with one attached hydrogen (secondary N) is 1. The lowest BCUT2D eigenvalue weighted by atomic mass is 9.87. The number of hydrogen-bond donors (Lipinski definition) is 1. The van der Waals surface area contributed by atoms with Gasteiger partial charge < -0.3 is 9.87 Å². The van der Waals surface area contributed by atoms with Gasteiger partial charge in [0.1, 0.15) is 0 Å². The summed E-state index contributed by atoms with van der Waals surface area (Å²) in [5.74, 6) is 0. The molecule has 2 aromatic carbocycles. The van der Waals surface area contributed by atoms with E-state index in [1.807, 2.05) is 12.1 Å². The average molecular weight is 288 g/mol. The van der Waals surface area contributed by atoms with Crippen LogP contribution in [0.2, 0.25) is 0 Å². The molecule has 1 unspecified atom stereocenters. The van der Waals surface area contributed by atoms with E-state index in [9.17, 15) is 8.76 Å². The Kier molecular flexibility index (Phi) is 4.26. The largest absolute Gasteiger partial charge is 0.768 e. The summed E-state index contributed by atoms with van der Waals surface area (Å²) in [4.78, 5) is 0.290. The second-order valence-electron chi connectivity index (χ2n) is 5.71. The summed E-state index contributed by atoms with van der Waals surface area (Å²) >= 11 is -2.17. The summed E-state index contributed by atoms with van der Waals surface area (Å²) in [6.45, 7) is 6.53. The van der Waals surface area contributed by atoms with Gasteiger partial charge in [-0.15, -0.1) is 0 Å². The van der Waals surface area contributed by atoms with Crippen LogP contribution in [0.15, 0.2) is 53.4 Å². The van der Waals surface area contributed by atoms with Gasteiger partial charge in [-0.25, -0.2) is 0 Å². The van der Waals surface area contributed by atoms with Crippen LogP contribution >= 0.6 is 0 Å². The number of anilines is 2. The normalized spacial score (nSPS) is 13.0. The van der Waals surface area contributed by atoms with Crippen molar-refractivity contribution in [2.24, 2.45) is 0 Å². The first-order valence-electron chi connectivity index (χ1n) is 6.43. The maximum Gasteiger partial charge on any atom is 0.0385 e. The van der Waals surface area contributed by atoms with Crippen LogP contribution in [-0.4, -0.2) is 8.76 Å². The molecule has 0 saturated heterocycles. The van der Waals surface area contributed by atoms with E-state index in [0.29, 0.717) is 4.90 Å². The zero-order valence-corrected chi connectivity index (χ0v) is 12.7. The third-order valence-corrected chi connectivity index (χ3v) is 3.74. The number of rotatable bonds is 3. The van der Waals surface area contributed by atoms with Gasteiger partial charge in [0.05, 0.1) is 0 Å². The molecule has 0 heterocycles. The molecule has 20 heavy (non-hydrogen) atoms. The molecule has 2 rings (SSSR count). The van der Waals surface area contributed by atoms with E-state index in [0.717, 1.165) is 11.4 Å². The molecule has 0 spiro atoms. The minimum atomic E-state index is -2.17. The fourth-order valence-electron chi connectivity index (χ4n) is 1.87. The first kappa shape index (κ1) is 14.8. The van der Waals surface area contributed by atoms with Gasteiger partial charge in [0.25, 0.3) is 0 Å². The van der Waals surface area contributed by atoms with Gasteiger partial charge in [0.2, 0.25) is 0 Å². The van der Waals surface area contributed by atoms with Crippen molar-refractivity contribution in [2.75, 3.05) is 5.32 Å². The van der Waals surface area contributed by atoms with Gasteiger partial charge >= 0.3 is 0 Å². The minimum Gasteiger partial charge on any atom is -0.768 e. The predicted molar refractivity (Wildman–Crippen MR) is 82.1 cm³/mol. The Morgan fingerprint density at radius 2 is 1.35 bits per heavy atom. The van der Waals surface area contributed by atoms with E-state index in [1.165, 1.54) is 5.56 Å². The third-order valence-electron chi connectivity index (χ3n) is 3.09. The van der Waals surface area contributed by atoms with Crippen molar-refractivity contribution in [3.63, 3.8) is 0 Å². The quantitative estimate of drug-likeness (QED) is 0.870. The highest BCUT2D eigenvalue weighted by Crippen LogP contribution is 2.25. The van der Waals surface area contributed by atoms with Crippen molar-refractivity contribution >= 4 is 22.5 Å². The highest BCUT2D eigenvalue weighted by Gasteiger charge is 2.12. The lowest BCUT2D eigenvalue weighted by molar-refractivity contribution is 0.537. The highest BCUT2D eigenvalue weighted by atomic mass is 32.2. The third kappa shape index (κ3) is 3.68. The molecule has 0 aromatic heterocycles. The SMILES string of the molecule is CC(C)(C)c1ccc(Nc2ccc(S(=O)[O-])cc2)cc1. The maximum atomic E-state index is 10.8. The Balaban J connectivity index is 2.12. The van der Waals surface area contributed by atoms with Crippen LogP contribution in [0.3, 0.4) is 0 Å². The van der Waals surface area contributed by atoms with Crippen molar-refractivity contribution in [2.45, 2.75) is 31.1 Å². The molecule has 106 valence electrons. The maximum absolute atomic E-state index is 10.8. The molecule has 1 N–H and O–H groups in total. The molecule has 4 heteroatoms. The van der Waals surface area contributed by atoms with E-state index in [1.54, 1.807) is 24.3 Å². The summed E-state index contributed by atoms with van der Waals surface area (Å²) in [7, 11) is 0. The van der Waals surface area contributed by atoms with Gasteiger partial charge in [0, 0.05) is 16.3 Å². The summed E-state index contributed by atoms with van der Waals surface area (Å²) in [6.07, 6.45) is 0. The molecule has 0 aliphatic heterocycles. The van der Waals surface area contributed by atoms with Gasteiger partial charge in [-0.1, -0.05) is 32.9 Å². The number of benzene rings is 2. The van der Waals surface area contributed by atoms with Gasteiger partial charge in [0.15, 0.2) is 0 Å². The molecule has 0 amide bonds. The summed E-state index contributed by atoms with van der Waals surface area (Å²) < 4.78 is 21.6. The van der Waals surface area contributed by atoms with Crippen molar-refractivity contribution in [3.05, 3.63) is 54.1 Å². The molecule has 2 aromatic rings. The first-order valence-corrected chi connectivity index (χ1v) is 7.51. The van der Waals surface area contributed by atoms with Gasteiger partial charge in [-0.05, 0) is 58.5 Å². The Labute approximate surface area is 122 Å². The molecule has 3 nitrogen and oxygen atoms in total. The van der Waals surface area contributed by atoms with E-state index in [-0.39, 0.29) is 5.41 Å². The van der Waals surface area contributed by atoms with Crippen molar-refractivity contribution in [1.82, 2.24) is 0 Å². The van der Waals surface area contributed by atoms with Crippen molar-refractivity contribution in [3.8, 4) is 0 Å². The molecule has 1 atom stereocenters. The van der Waals surface area contributed by atoms with E-state index in [4.69, 9.17) is 0 Å². The fourth-order valence-corrected chi connectivity index (χ4v) is 2.23. The van der Waals surface area contributed by atoms with Crippen LogP contribution in [0.25, 0.3) is 0 Å². The van der Waals surface area contributed by atoms with E-state index >= 15 is 0 Å². The smallest absolute Gasteiger partial charge is 0.0385 e. The van der Waals surface area contributed by atoms with Crippen molar-refractivity contribution in [1.29, 1.82) is 0 Å². The Bertz CT molecular complexity index is 598. The van der Waals surface area contributed by atoms with Crippen LogP contribution in [0.4, 0.5) is 11.4 Å². The lowest BCUT2D eigenvalue weighted by Crippen LogP contribution is -2.10. The van der Waals surface area contributed by atoms with E-state index in [2.05, 4.69) is 38.2 Å². The van der Waals surface area contributed by atoms with E-state index < -0.39 is 11.1 Å². The summed E-state index contributed by atoms with van der Waals surface area (Å²) in [5, 5.41) is 3.25. The topological polar surface area (TPSA) is 52.2 Å². The standard InChI is InChI=1S/C16H19NO2S/c1-16(2,3)12-4-6-13(7-5-12)17-14-8-10-15(11-9-14)20(18)19/h4-11,17H,1-3H3,(H,18,19)/p-1. The molecular formula is C16H18NO2S-. The van der Waals surface area contributed by atoms with Crippen LogP contribution < -0.4 is 5.32 Å². The molecule has 0 fully saturated rings. The lowest BCUT2D eigenvalue weighted by Gasteiger charge is -2.19. The van der Waals surface area contributed by atoms with Crippen molar-refractivity contribution < 1.29 is 8.76 Å². The highest BCUT2D eigenvalue weighted by molar-refractivity contribution is 7.79. The Morgan fingerprint density at radius 3 is 1.75 bits per heavy atom. The van der Waals surface area contributed by atoms with Crippen LogP contribution in [0, 0.1) is 0 Å².